The first-order valence-corrected chi connectivity index (χ1v) is 19.6. The van der Waals surface area contributed by atoms with Crippen LogP contribution in [0, 0.1) is 22.0 Å². The zero-order chi connectivity index (χ0) is 33.9. The van der Waals surface area contributed by atoms with Gasteiger partial charge in [0.05, 0.1) is 29.1 Å². The predicted molar refractivity (Wildman–Crippen MR) is 174 cm³/mol. The summed E-state index contributed by atoms with van der Waals surface area (Å²) in [6.07, 6.45) is 1.89. The van der Waals surface area contributed by atoms with E-state index in [-0.39, 0.29) is 53.8 Å². The van der Waals surface area contributed by atoms with Gasteiger partial charge in [0.2, 0.25) is 10.0 Å². The van der Waals surface area contributed by atoms with Crippen molar-refractivity contribution >= 4 is 36.1 Å². The second-order valence-electron chi connectivity index (χ2n) is 13.4. The summed E-state index contributed by atoms with van der Waals surface area (Å²) in [5.41, 5.74) is -0.0528. The number of fused-ring (bicyclic) bond motifs is 2. The molecule has 0 aromatic heterocycles. The van der Waals surface area contributed by atoms with Crippen LogP contribution in [0.5, 0.6) is 0 Å². The highest BCUT2D eigenvalue weighted by Crippen LogP contribution is 2.50. The summed E-state index contributed by atoms with van der Waals surface area (Å²) in [7, 11) is -5.03. The molecule has 4 rings (SSSR count). The van der Waals surface area contributed by atoms with Gasteiger partial charge in [-0.05, 0) is 66.6 Å². The lowest BCUT2D eigenvalue weighted by Crippen LogP contribution is -2.57. The number of carbonyl (C=O) groups excluding carboxylic acids is 2. The van der Waals surface area contributed by atoms with Crippen LogP contribution < -0.4 is 4.72 Å². The summed E-state index contributed by atoms with van der Waals surface area (Å²) in [6.45, 7) is 11.0. The van der Waals surface area contributed by atoms with Crippen molar-refractivity contribution in [1.82, 2.24) is 9.62 Å². The Hall–Kier alpha value is -3.59. The number of sulfonamides is 1. The maximum absolute atomic E-state index is 13.8. The number of non-ortho nitro benzene ring substituents is 1. The molecule has 1 aliphatic heterocycles. The van der Waals surface area contributed by atoms with E-state index < -0.39 is 40.9 Å². The van der Waals surface area contributed by atoms with Crippen molar-refractivity contribution in [1.29, 1.82) is 0 Å². The van der Waals surface area contributed by atoms with E-state index in [1.54, 1.807) is 11.0 Å². The third kappa shape index (κ3) is 7.51. The van der Waals surface area contributed by atoms with E-state index in [2.05, 4.69) is 38.6 Å². The first-order chi connectivity index (χ1) is 21.5. The third-order valence-corrected chi connectivity index (χ3v) is 15.4. The topological polar surface area (TPSA) is 154 Å². The van der Waals surface area contributed by atoms with Crippen molar-refractivity contribution in [2.24, 2.45) is 11.8 Å². The van der Waals surface area contributed by atoms with Crippen molar-refractivity contribution in [3.05, 3.63) is 81.9 Å². The average molecular weight is 674 g/mol. The summed E-state index contributed by atoms with van der Waals surface area (Å²) in [5, 5.41) is 10.9. The standard InChI is InChI=1S/C32H43N3O9SSi/c1-31(2,3)46(5,6)44-22-32-19-24(29(36)42-4)18-25(20-34(32)30(37)43-21-23-10-8-7-9-11-23)28(32)16-17-33-45(40,41)27-14-12-26(13-15-27)35(38)39/h7-15,19,25,28,33H,16-18,20-22H2,1-6H3/t25-,28-,32+/m1/s1. The summed E-state index contributed by atoms with van der Waals surface area (Å²) in [5.74, 6) is -0.969. The second kappa shape index (κ2) is 13.6. The van der Waals surface area contributed by atoms with Gasteiger partial charge in [0.1, 0.15) is 6.61 Å². The van der Waals surface area contributed by atoms with Crippen LogP contribution in [0.4, 0.5) is 10.5 Å². The highest BCUT2D eigenvalue weighted by atomic mass is 32.2. The lowest BCUT2D eigenvalue weighted by Gasteiger charge is -2.45. The summed E-state index contributed by atoms with van der Waals surface area (Å²) >= 11 is 0. The Morgan fingerprint density at radius 2 is 1.76 bits per heavy atom. The fraction of sp³-hybridized carbons (Fsp3) is 0.500. The van der Waals surface area contributed by atoms with E-state index in [1.807, 2.05) is 30.3 Å². The lowest BCUT2D eigenvalue weighted by molar-refractivity contribution is -0.384. The fourth-order valence-electron chi connectivity index (χ4n) is 5.89. The van der Waals surface area contributed by atoms with Gasteiger partial charge in [-0.15, -0.1) is 0 Å². The SMILES string of the molecule is COC(=O)C1=C[C@]2(CO[Si](C)(C)C(C)(C)C)[C@H](CCNS(=O)(=O)c3ccc([N+](=O)[O-])cc3)[C@H](C1)CN2C(=O)OCc1ccccc1. The molecule has 250 valence electrons. The number of rotatable bonds is 12. The largest absolute Gasteiger partial charge is 0.466 e. The van der Waals surface area contributed by atoms with Crippen LogP contribution in [0.2, 0.25) is 18.1 Å². The van der Waals surface area contributed by atoms with Gasteiger partial charge in [0, 0.05) is 30.8 Å². The molecule has 1 N–H and O–H groups in total. The maximum Gasteiger partial charge on any atom is 0.410 e. The number of benzene rings is 2. The number of nitrogens with zero attached hydrogens (tertiary/aromatic N) is 2. The molecule has 0 unspecified atom stereocenters. The van der Waals surface area contributed by atoms with Crippen LogP contribution in [0.1, 0.15) is 39.2 Å². The Morgan fingerprint density at radius 3 is 2.35 bits per heavy atom. The van der Waals surface area contributed by atoms with Gasteiger partial charge in [-0.2, -0.15) is 0 Å². The molecule has 1 fully saturated rings. The number of hydrogen-bond acceptors (Lipinski definition) is 9. The van der Waals surface area contributed by atoms with Crippen LogP contribution in [0.3, 0.4) is 0 Å². The number of ether oxygens (including phenoxy) is 2. The number of methoxy groups -OCH3 is 1. The number of likely N-dealkylation sites (tertiary alicyclic amines) is 1. The van der Waals surface area contributed by atoms with Crippen molar-refractivity contribution in [2.45, 2.75) is 68.8 Å². The molecular formula is C32H43N3O9SSi. The fourth-order valence-corrected chi connectivity index (χ4v) is 7.97. The molecule has 0 saturated carbocycles. The quantitative estimate of drug-likeness (QED) is 0.135. The molecule has 3 atom stereocenters. The van der Waals surface area contributed by atoms with E-state index in [4.69, 9.17) is 13.9 Å². The Balaban J connectivity index is 1.65. The molecule has 1 amide bonds. The number of carbonyl (C=O) groups is 2. The Labute approximate surface area is 271 Å². The number of esters is 1. The molecule has 0 spiro atoms. The van der Waals surface area contributed by atoms with Crippen LogP contribution >= 0.6 is 0 Å². The van der Waals surface area contributed by atoms with Crippen molar-refractivity contribution in [3.8, 4) is 0 Å². The van der Waals surface area contributed by atoms with Gasteiger partial charge in [0.15, 0.2) is 8.32 Å². The van der Waals surface area contributed by atoms with E-state index in [0.717, 1.165) is 17.7 Å². The first-order valence-electron chi connectivity index (χ1n) is 15.2. The van der Waals surface area contributed by atoms with Crippen LogP contribution in [0.25, 0.3) is 0 Å². The highest BCUT2D eigenvalue weighted by Gasteiger charge is 2.58. The number of hydrogen-bond donors (Lipinski definition) is 1. The summed E-state index contributed by atoms with van der Waals surface area (Å²) in [6, 6.07) is 14.0. The Bertz CT molecular complexity index is 1570. The molecule has 2 bridgehead atoms. The third-order valence-electron chi connectivity index (χ3n) is 9.49. The number of nitro benzene ring substituents is 1. The summed E-state index contributed by atoms with van der Waals surface area (Å²) in [4.78, 5) is 38.6. The van der Waals surface area contributed by atoms with Crippen LogP contribution in [-0.2, 0) is 35.3 Å². The number of nitrogens with one attached hydrogen (secondary N) is 1. The Kier molecular flexibility index (Phi) is 10.5. The molecule has 2 aromatic carbocycles. The van der Waals surface area contributed by atoms with E-state index in [1.165, 1.54) is 19.2 Å². The van der Waals surface area contributed by atoms with Gasteiger partial charge in [-0.1, -0.05) is 51.1 Å². The second-order valence-corrected chi connectivity index (χ2v) is 19.9. The monoisotopic (exact) mass is 673 g/mol. The summed E-state index contributed by atoms with van der Waals surface area (Å²) < 4.78 is 46.4. The van der Waals surface area contributed by atoms with Crippen molar-refractivity contribution in [2.75, 3.05) is 26.8 Å². The lowest BCUT2D eigenvalue weighted by atomic mass is 9.70. The molecular weight excluding hydrogens is 631 g/mol. The smallest absolute Gasteiger partial charge is 0.410 e. The minimum absolute atomic E-state index is 0.0244. The zero-order valence-corrected chi connectivity index (χ0v) is 29.0. The highest BCUT2D eigenvalue weighted by molar-refractivity contribution is 7.89. The van der Waals surface area contributed by atoms with Gasteiger partial charge >= 0.3 is 12.1 Å². The molecule has 0 radical (unpaired) electrons. The number of nitro groups is 1. The van der Waals surface area contributed by atoms with E-state index in [0.29, 0.717) is 18.4 Å². The van der Waals surface area contributed by atoms with Crippen LogP contribution in [0.15, 0.2) is 71.1 Å². The van der Waals surface area contributed by atoms with Gasteiger partial charge < -0.3 is 13.9 Å². The molecule has 14 heteroatoms. The maximum atomic E-state index is 13.8. The number of amides is 1. The molecule has 1 aliphatic carbocycles. The zero-order valence-electron chi connectivity index (χ0n) is 27.1. The Morgan fingerprint density at radius 1 is 1.11 bits per heavy atom. The average Bonchev–Trinajstić information content (AvgIpc) is 3.18. The van der Waals surface area contributed by atoms with E-state index in [9.17, 15) is 28.1 Å². The van der Waals surface area contributed by atoms with Gasteiger partial charge in [-0.3, -0.25) is 15.0 Å². The van der Waals surface area contributed by atoms with Gasteiger partial charge in [0.25, 0.3) is 5.69 Å². The predicted octanol–water partition coefficient (Wildman–Crippen LogP) is 5.41. The molecule has 1 saturated heterocycles. The molecule has 2 aliphatic rings. The normalized spacial score (nSPS) is 21.4. The van der Waals surface area contributed by atoms with Crippen molar-refractivity contribution < 1.29 is 36.8 Å². The first kappa shape index (κ1) is 35.3. The molecule has 46 heavy (non-hydrogen) atoms. The molecule has 1 heterocycles. The minimum Gasteiger partial charge on any atom is -0.466 e. The molecule has 2 aromatic rings. The van der Waals surface area contributed by atoms with Crippen LogP contribution in [-0.4, -0.2) is 71.0 Å². The minimum atomic E-state index is -3.98. The van der Waals surface area contributed by atoms with E-state index >= 15 is 0 Å². The van der Waals surface area contributed by atoms with Crippen molar-refractivity contribution in [3.63, 3.8) is 0 Å². The molecule has 12 nitrogen and oxygen atoms in total. The van der Waals surface area contributed by atoms with Gasteiger partial charge in [-0.25, -0.2) is 22.7 Å².